The van der Waals surface area contributed by atoms with Crippen molar-refractivity contribution in [1.82, 2.24) is 13.7 Å². The van der Waals surface area contributed by atoms with Crippen LogP contribution in [0.3, 0.4) is 0 Å². The molecule has 4 heterocycles. The quantitative estimate of drug-likeness (QED) is 0.177. The van der Waals surface area contributed by atoms with Crippen molar-refractivity contribution in [2.75, 3.05) is 0 Å². The van der Waals surface area contributed by atoms with Gasteiger partial charge in [-0.3, -0.25) is 0 Å². The topological polar surface area (TPSA) is 62.4 Å². The van der Waals surface area contributed by atoms with E-state index in [1.165, 1.54) is 36.9 Å². The van der Waals surface area contributed by atoms with Crippen LogP contribution in [-0.4, -0.2) is 13.7 Å². The first kappa shape index (κ1) is 39.8. The van der Waals surface area contributed by atoms with Gasteiger partial charge in [-0.2, -0.15) is 10.5 Å². The molecular weight excluding hydrogens is 883 g/mol. The summed E-state index contributed by atoms with van der Waals surface area (Å²) >= 11 is 1.79. The van der Waals surface area contributed by atoms with Crippen molar-refractivity contribution in [2.45, 2.75) is 19.3 Å². The van der Waals surface area contributed by atoms with E-state index < -0.39 is 0 Å². The zero-order chi connectivity index (χ0) is 47.3. The fourth-order valence-electron chi connectivity index (χ4n) is 12.6. The van der Waals surface area contributed by atoms with Crippen molar-refractivity contribution in [3.63, 3.8) is 0 Å². The van der Waals surface area contributed by atoms with Gasteiger partial charge in [-0.05, 0) is 82.4 Å². The van der Waals surface area contributed by atoms with Gasteiger partial charge < -0.3 is 13.7 Å². The second-order valence-electron chi connectivity index (χ2n) is 19.3. The van der Waals surface area contributed by atoms with Crippen LogP contribution in [0.2, 0.25) is 0 Å². The van der Waals surface area contributed by atoms with Crippen molar-refractivity contribution < 1.29 is 0 Å². The van der Waals surface area contributed by atoms with E-state index in [1.807, 2.05) is 0 Å². The number of para-hydroxylation sites is 5. The summed E-state index contributed by atoms with van der Waals surface area (Å²) in [5, 5.41) is 33.6. The lowest BCUT2D eigenvalue weighted by Gasteiger charge is -2.27. The Balaban J connectivity index is 1.23. The van der Waals surface area contributed by atoms with E-state index in [-0.39, 0.29) is 5.41 Å². The third-order valence-corrected chi connectivity index (χ3v) is 16.7. The summed E-state index contributed by atoms with van der Waals surface area (Å²) in [7, 11) is 0. The summed E-state index contributed by atoms with van der Waals surface area (Å²) in [5.74, 6) is 0. The molecule has 4 aromatic heterocycles. The van der Waals surface area contributed by atoms with Crippen LogP contribution in [-0.2, 0) is 5.41 Å². The predicted octanol–water partition coefficient (Wildman–Crippen LogP) is 17.1. The summed E-state index contributed by atoms with van der Waals surface area (Å²) in [6.07, 6.45) is 0. The molecule has 0 saturated heterocycles. The van der Waals surface area contributed by atoms with E-state index in [2.05, 4.69) is 240 Å². The van der Waals surface area contributed by atoms with E-state index in [1.54, 1.807) is 11.3 Å². The van der Waals surface area contributed by atoms with Crippen molar-refractivity contribution in [1.29, 1.82) is 10.5 Å². The van der Waals surface area contributed by atoms with E-state index in [0.29, 0.717) is 28.2 Å². The Morgan fingerprint density at radius 1 is 0.380 bits per heavy atom. The lowest BCUT2D eigenvalue weighted by molar-refractivity contribution is 0.660. The first-order valence-corrected chi connectivity index (χ1v) is 24.9. The van der Waals surface area contributed by atoms with E-state index >= 15 is 0 Å². The van der Waals surface area contributed by atoms with Gasteiger partial charge in [-0.15, -0.1) is 11.3 Å². The maximum atomic E-state index is 12.4. The van der Waals surface area contributed by atoms with Crippen molar-refractivity contribution in [3.8, 4) is 51.5 Å². The fraction of sp³-hybridized carbons (Fsp3) is 0.0462. The lowest BCUT2D eigenvalue weighted by Crippen LogP contribution is -2.15. The van der Waals surface area contributed by atoms with Crippen LogP contribution in [0.5, 0.6) is 0 Å². The molecule has 0 amide bonds. The third kappa shape index (κ3) is 5.16. The molecule has 10 aromatic carbocycles. The molecule has 5 nitrogen and oxygen atoms in total. The number of aromatic nitrogens is 3. The zero-order valence-corrected chi connectivity index (χ0v) is 39.5. The molecule has 0 bridgehead atoms. The summed E-state index contributed by atoms with van der Waals surface area (Å²) in [5.41, 5.74) is 14.9. The number of benzene rings is 10. The molecular formula is C65H39N5S. The summed E-state index contributed by atoms with van der Waals surface area (Å²) in [6, 6.07) is 76.9. The average Bonchev–Trinajstić information content (AvgIpc) is 4.20. The van der Waals surface area contributed by atoms with Crippen LogP contribution in [0.1, 0.15) is 36.1 Å². The Labute approximate surface area is 412 Å². The molecule has 0 spiro atoms. The summed E-state index contributed by atoms with van der Waals surface area (Å²) in [4.78, 5) is 0. The zero-order valence-electron chi connectivity index (χ0n) is 38.7. The van der Waals surface area contributed by atoms with Crippen LogP contribution in [0, 0.1) is 22.7 Å². The van der Waals surface area contributed by atoms with Gasteiger partial charge in [0.05, 0.1) is 50.2 Å². The van der Waals surface area contributed by atoms with Crippen molar-refractivity contribution in [2.24, 2.45) is 0 Å². The Bertz CT molecular complexity index is 4510. The number of hydrogen-bond donors (Lipinski definition) is 0. The number of fused-ring (bicyclic) bond motifs is 16. The third-order valence-electron chi connectivity index (χ3n) is 15.5. The number of thiophene rings is 1. The normalized spacial score (nSPS) is 13.0. The van der Waals surface area contributed by atoms with Gasteiger partial charge in [-0.25, -0.2) is 0 Å². The monoisotopic (exact) mass is 921 g/mol. The molecule has 0 radical (unpaired) electrons. The van der Waals surface area contributed by atoms with Gasteiger partial charge in [0.2, 0.25) is 0 Å². The molecule has 0 unspecified atom stereocenters. The standard InChI is InChI=1S/C65H39N5S/c1-65(2)49-24-10-3-17-39(49)46-35-38(31-32-50(46)65)59-63(68-51-25-11-4-18-40(51)41-19-5-12-26-52(41)68)47(36-66)62(48(37-67)64(59)69-53-27-13-6-20-42(53)43-21-7-14-28-54(43)69)70-55-29-15-8-22-44(55)60-56(70)33-34-58-61(60)45-23-9-16-30-57(45)71-58/h3-35H,1-2H3. The predicted molar refractivity (Wildman–Crippen MR) is 295 cm³/mol. The molecule has 330 valence electrons. The number of nitrogens with zero attached hydrogens (tertiary/aromatic N) is 5. The van der Waals surface area contributed by atoms with Crippen LogP contribution in [0.15, 0.2) is 200 Å². The first-order valence-electron chi connectivity index (χ1n) is 24.1. The molecule has 0 atom stereocenters. The smallest absolute Gasteiger partial charge is 0.104 e. The SMILES string of the molecule is CC1(C)c2ccccc2-c2cc(-c3c(-n4c5ccccc5c5ccccc54)c(C#N)c(-n4c5ccccc5c5c6c(ccc54)sc4ccccc46)c(C#N)c3-n3c4ccccc4c4ccccc43)ccc21. The van der Waals surface area contributed by atoms with Gasteiger partial charge >= 0.3 is 0 Å². The van der Waals surface area contributed by atoms with Crippen LogP contribution in [0.25, 0.3) is 125 Å². The molecule has 71 heavy (non-hydrogen) atoms. The van der Waals surface area contributed by atoms with Crippen molar-refractivity contribution in [3.05, 3.63) is 222 Å². The molecule has 14 aromatic rings. The van der Waals surface area contributed by atoms with Gasteiger partial charge in [0.1, 0.15) is 23.3 Å². The van der Waals surface area contributed by atoms with Crippen LogP contribution < -0.4 is 0 Å². The maximum Gasteiger partial charge on any atom is 0.104 e. The van der Waals surface area contributed by atoms with Gasteiger partial charge in [0.15, 0.2) is 0 Å². The average molecular weight is 922 g/mol. The minimum Gasteiger partial charge on any atom is -0.307 e. The highest BCUT2D eigenvalue weighted by atomic mass is 32.1. The summed E-state index contributed by atoms with van der Waals surface area (Å²) < 4.78 is 9.26. The molecule has 0 fully saturated rings. The van der Waals surface area contributed by atoms with Gasteiger partial charge in [-0.1, -0.05) is 159 Å². The van der Waals surface area contributed by atoms with Gasteiger partial charge in [0.25, 0.3) is 0 Å². The molecule has 6 heteroatoms. The Kier molecular flexibility index (Phi) is 8.07. The summed E-state index contributed by atoms with van der Waals surface area (Å²) in [6.45, 7) is 4.61. The number of rotatable bonds is 4. The van der Waals surface area contributed by atoms with Crippen molar-refractivity contribution >= 4 is 96.9 Å². The largest absolute Gasteiger partial charge is 0.307 e. The minimum atomic E-state index is -0.231. The van der Waals surface area contributed by atoms with Crippen LogP contribution in [0.4, 0.5) is 0 Å². The highest BCUT2D eigenvalue weighted by Gasteiger charge is 2.37. The molecule has 0 aliphatic heterocycles. The molecule has 1 aliphatic carbocycles. The second kappa shape index (κ2) is 14.4. The Morgan fingerprint density at radius 3 is 1.39 bits per heavy atom. The molecule has 15 rings (SSSR count). The van der Waals surface area contributed by atoms with E-state index in [0.717, 1.165) is 82.1 Å². The minimum absolute atomic E-state index is 0.231. The highest BCUT2D eigenvalue weighted by Crippen LogP contribution is 2.54. The molecule has 1 aliphatic rings. The van der Waals surface area contributed by atoms with Crippen LogP contribution >= 0.6 is 11.3 Å². The number of nitriles is 2. The fourth-order valence-corrected chi connectivity index (χ4v) is 13.7. The molecule has 0 N–H and O–H groups in total. The Hall–Kier alpha value is -9.20. The maximum absolute atomic E-state index is 12.4. The Morgan fingerprint density at radius 2 is 0.831 bits per heavy atom. The number of hydrogen-bond acceptors (Lipinski definition) is 3. The van der Waals surface area contributed by atoms with Gasteiger partial charge in [0, 0.05) is 63.5 Å². The molecule has 0 saturated carbocycles. The highest BCUT2D eigenvalue weighted by molar-refractivity contribution is 7.26. The second-order valence-corrected chi connectivity index (χ2v) is 20.4. The van der Waals surface area contributed by atoms with E-state index in [9.17, 15) is 10.5 Å². The van der Waals surface area contributed by atoms with E-state index in [4.69, 9.17) is 0 Å². The lowest BCUT2D eigenvalue weighted by atomic mass is 9.82. The first-order chi connectivity index (χ1) is 35.0.